The topological polar surface area (TPSA) is 69.6 Å². The molecule has 0 saturated carbocycles. The molecule has 1 aromatic heterocycles. The molecule has 0 atom stereocenters. The van der Waals surface area contributed by atoms with E-state index in [2.05, 4.69) is 5.32 Å². The predicted molar refractivity (Wildman–Crippen MR) is 75.9 cm³/mol. The standard InChI is InChI=1S/C12H17ClN2O3S/c1-2-15(8-6-11(16)17)12(18)14-7-5-9-3-4-10(13)19-9/h3-4H,2,5-8H2,1H3,(H,14,18)(H,16,17). The first kappa shape index (κ1) is 15.8. The number of amides is 2. The van der Waals surface area contributed by atoms with Gasteiger partial charge in [-0.25, -0.2) is 4.79 Å². The fraction of sp³-hybridized carbons (Fsp3) is 0.500. The summed E-state index contributed by atoms with van der Waals surface area (Å²) in [7, 11) is 0. The lowest BCUT2D eigenvalue weighted by Gasteiger charge is -2.20. The molecule has 19 heavy (non-hydrogen) atoms. The van der Waals surface area contributed by atoms with Crippen molar-refractivity contribution < 1.29 is 14.7 Å². The van der Waals surface area contributed by atoms with Gasteiger partial charge in [0.2, 0.25) is 0 Å². The Labute approximate surface area is 121 Å². The number of carbonyl (C=O) groups is 2. The highest BCUT2D eigenvalue weighted by atomic mass is 35.5. The van der Waals surface area contributed by atoms with Crippen LogP contribution in [0.4, 0.5) is 4.79 Å². The Balaban J connectivity index is 2.30. The fourth-order valence-corrected chi connectivity index (χ4v) is 2.61. The fourth-order valence-electron chi connectivity index (χ4n) is 1.52. The minimum absolute atomic E-state index is 0.0399. The van der Waals surface area contributed by atoms with Gasteiger partial charge in [-0.2, -0.15) is 0 Å². The van der Waals surface area contributed by atoms with E-state index in [1.807, 2.05) is 19.1 Å². The molecule has 1 heterocycles. The van der Waals surface area contributed by atoms with Crippen LogP contribution >= 0.6 is 22.9 Å². The molecular formula is C12H17ClN2O3S. The molecule has 5 nitrogen and oxygen atoms in total. The van der Waals surface area contributed by atoms with Crippen molar-refractivity contribution in [3.8, 4) is 0 Å². The number of rotatable bonds is 7. The minimum atomic E-state index is -0.903. The lowest BCUT2D eigenvalue weighted by atomic mass is 10.3. The highest BCUT2D eigenvalue weighted by molar-refractivity contribution is 7.16. The number of carboxylic acid groups (broad SMARTS) is 1. The van der Waals surface area contributed by atoms with Gasteiger partial charge in [-0.3, -0.25) is 4.79 Å². The zero-order valence-corrected chi connectivity index (χ0v) is 12.3. The van der Waals surface area contributed by atoms with Crippen LogP contribution in [0, 0.1) is 0 Å². The van der Waals surface area contributed by atoms with Crippen LogP contribution in [-0.2, 0) is 11.2 Å². The van der Waals surface area contributed by atoms with E-state index in [1.54, 1.807) is 0 Å². The molecule has 0 aliphatic carbocycles. The quantitative estimate of drug-likeness (QED) is 0.813. The maximum Gasteiger partial charge on any atom is 0.317 e. The molecule has 2 N–H and O–H groups in total. The summed E-state index contributed by atoms with van der Waals surface area (Å²) in [5.74, 6) is -0.903. The summed E-state index contributed by atoms with van der Waals surface area (Å²) in [6.07, 6.45) is 0.682. The third-order valence-electron chi connectivity index (χ3n) is 2.54. The number of nitrogens with zero attached hydrogens (tertiary/aromatic N) is 1. The summed E-state index contributed by atoms with van der Waals surface area (Å²) in [6, 6.07) is 3.53. The average molecular weight is 305 g/mol. The SMILES string of the molecule is CCN(CCC(=O)O)C(=O)NCCc1ccc(Cl)s1. The van der Waals surface area contributed by atoms with Crippen LogP contribution in [0.25, 0.3) is 0 Å². The molecule has 106 valence electrons. The maximum atomic E-state index is 11.8. The Morgan fingerprint density at radius 1 is 1.47 bits per heavy atom. The van der Waals surface area contributed by atoms with E-state index in [9.17, 15) is 9.59 Å². The number of aliphatic carboxylic acids is 1. The number of carbonyl (C=O) groups excluding carboxylic acids is 1. The van der Waals surface area contributed by atoms with E-state index < -0.39 is 5.97 Å². The predicted octanol–water partition coefficient (Wildman–Crippen LogP) is 2.45. The largest absolute Gasteiger partial charge is 0.481 e. The molecule has 0 spiro atoms. The van der Waals surface area contributed by atoms with Crippen molar-refractivity contribution in [2.75, 3.05) is 19.6 Å². The molecule has 0 saturated heterocycles. The van der Waals surface area contributed by atoms with Gasteiger partial charge in [0, 0.05) is 24.5 Å². The Morgan fingerprint density at radius 3 is 2.74 bits per heavy atom. The van der Waals surface area contributed by atoms with E-state index in [4.69, 9.17) is 16.7 Å². The summed E-state index contributed by atoms with van der Waals surface area (Å²) in [5, 5.41) is 11.4. The Hall–Kier alpha value is -1.27. The summed E-state index contributed by atoms with van der Waals surface area (Å²) >= 11 is 7.30. The Morgan fingerprint density at radius 2 is 2.21 bits per heavy atom. The van der Waals surface area contributed by atoms with Crippen molar-refractivity contribution >= 4 is 34.9 Å². The van der Waals surface area contributed by atoms with E-state index >= 15 is 0 Å². The molecule has 7 heteroatoms. The second-order valence-electron chi connectivity index (χ2n) is 3.91. The van der Waals surface area contributed by atoms with Crippen molar-refractivity contribution in [1.29, 1.82) is 0 Å². The summed E-state index contributed by atoms with van der Waals surface area (Å²) < 4.78 is 0.734. The number of carboxylic acids is 1. The molecule has 1 rings (SSSR count). The molecular weight excluding hydrogens is 288 g/mol. The summed E-state index contributed by atoms with van der Waals surface area (Å²) in [4.78, 5) is 24.8. The first-order valence-electron chi connectivity index (χ1n) is 6.01. The molecule has 0 radical (unpaired) electrons. The Bertz CT molecular complexity index is 436. The van der Waals surface area contributed by atoms with Crippen LogP contribution in [0.5, 0.6) is 0 Å². The molecule has 0 aliphatic heterocycles. The van der Waals surface area contributed by atoms with Crippen LogP contribution in [0.2, 0.25) is 4.34 Å². The number of thiophene rings is 1. The van der Waals surface area contributed by atoms with Gasteiger partial charge in [0.05, 0.1) is 10.8 Å². The number of halogens is 1. The van der Waals surface area contributed by atoms with Gasteiger partial charge >= 0.3 is 12.0 Å². The normalized spacial score (nSPS) is 10.2. The van der Waals surface area contributed by atoms with Crippen molar-refractivity contribution in [3.63, 3.8) is 0 Å². The van der Waals surface area contributed by atoms with Gasteiger partial charge in [0.15, 0.2) is 0 Å². The zero-order chi connectivity index (χ0) is 14.3. The average Bonchev–Trinajstić information content (AvgIpc) is 2.75. The maximum absolute atomic E-state index is 11.8. The molecule has 0 unspecified atom stereocenters. The van der Waals surface area contributed by atoms with Gasteiger partial charge in [-0.1, -0.05) is 11.6 Å². The van der Waals surface area contributed by atoms with E-state index in [0.717, 1.165) is 15.6 Å². The third kappa shape index (κ3) is 5.94. The van der Waals surface area contributed by atoms with Crippen LogP contribution in [0.15, 0.2) is 12.1 Å². The van der Waals surface area contributed by atoms with Gasteiger partial charge in [0.1, 0.15) is 0 Å². The van der Waals surface area contributed by atoms with Gasteiger partial charge in [-0.15, -0.1) is 11.3 Å². The van der Waals surface area contributed by atoms with E-state index in [1.165, 1.54) is 16.2 Å². The molecule has 0 fully saturated rings. The van der Waals surface area contributed by atoms with E-state index in [-0.39, 0.29) is 19.0 Å². The number of nitrogens with one attached hydrogen (secondary N) is 1. The first-order valence-corrected chi connectivity index (χ1v) is 7.21. The van der Waals surface area contributed by atoms with Crippen LogP contribution in [0.1, 0.15) is 18.2 Å². The minimum Gasteiger partial charge on any atom is -0.481 e. The molecule has 0 aliphatic rings. The highest BCUT2D eigenvalue weighted by Crippen LogP contribution is 2.21. The second kappa shape index (κ2) is 8.01. The lowest BCUT2D eigenvalue weighted by Crippen LogP contribution is -2.41. The van der Waals surface area contributed by atoms with Crippen LogP contribution in [0.3, 0.4) is 0 Å². The molecule has 0 bridgehead atoms. The van der Waals surface area contributed by atoms with Crippen molar-refractivity contribution in [3.05, 3.63) is 21.3 Å². The molecule has 1 aromatic rings. The molecule has 2 amide bonds. The van der Waals surface area contributed by atoms with Crippen LogP contribution in [-0.4, -0.2) is 41.6 Å². The monoisotopic (exact) mass is 304 g/mol. The summed E-state index contributed by atoms with van der Waals surface area (Å²) in [5.41, 5.74) is 0. The third-order valence-corrected chi connectivity index (χ3v) is 3.83. The molecule has 0 aromatic carbocycles. The second-order valence-corrected chi connectivity index (χ2v) is 5.71. The summed E-state index contributed by atoms with van der Waals surface area (Å²) in [6.45, 7) is 3.05. The first-order chi connectivity index (χ1) is 9.02. The zero-order valence-electron chi connectivity index (χ0n) is 10.7. The van der Waals surface area contributed by atoms with Gasteiger partial charge in [0.25, 0.3) is 0 Å². The highest BCUT2D eigenvalue weighted by Gasteiger charge is 2.12. The smallest absolute Gasteiger partial charge is 0.317 e. The van der Waals surface area contributed by atoms with Crippen molar-refractivity contribution in [1.82, 2.24) is 10.2 Å². The number of hydrogen-bond donors (Lipinski definition) is 2. The lowest BCUT2D eigenvalue weighted by molar-refractivity contribution is -0.137. The van der Waals surface area contributed by atoms with Gasteiger partial charge < -0.3 is 15.3 Å². The van der Waals surface area contributed by atoms with Crippen LogP contribution < -0.4 is 5.32 Å². The number of hydrogen-bond acceptors (Lipinski definition) is 3. The van der Waals surface area contributed by atoms with Gasteiger partial charge in [-0.05, 0) is 25.5 Å². The Kier molecular flexibility index (Phi) is 6.66. The van der Waals surface area contributed by atoms with Crippen molar-refractivity contribution in [2.45, 2.75) is 19.8 Å². The number of urea groups is 1. The van der Waals surface area contributed by atoms with E-state index in [0.29, 0.717) is 13.1 Å². The van der Waals surface area contributed by atoms with Crippen molar-refractivity contribution in [2.24, 2.45) is 0 Å².